The summed E-state index contributed by atoms with van der Waals surface area (Å²) in [6.07, 6.45) is 0. The van der Waals surface area contributed by atoms with Gasteiger partial charge in [-0.25, -0.2) is 0 Å². The van der Waals surface area contributed by atoms with Gasteiger partial charge in [0, 0.05) is 49.8 Å². The number of hydrogen-bond acceptors (Lipinski definition) is 4. The Morgan fingerprint density at radius 3 is 2.72 bits per heavy atom. The summed E-state index contributed by atoms with van der Waals surface area (Å²) < 4.78 is 0.920. The number of amides is 1. The summed E-state index contributed by atoms with van der Waals surface area (Å²) in [5, 5.41) is 5.30. The second kappa shape index (κ2) is 5.28. The van der Waals surface area contributed by atoms with Crippen LogP contribution in [0.3, 0.4) is 0 Å². The van der Waals surface area contributed by atoms with E-state index in [9.17, 15) is 4.79 Å². The summed E-state index contributed by atoms with van der Waals surface area (Å²) in [6, 6.07) is 2.50. The van der Waals surface area contributed by atoms with E-state index in [4.69, 9.17) is 0 Å². The van der Waals surface area contributed by atoms with Crippen LogP contribution in [0.1, 0.15) is 9.67 Å². The minimum atomic E-state index is 0.170. The minimum Gasteiger partial charge on any atom is -0.335 e. The molecule has 0 saturated carbocycles. The van der Waals surface area contributed by atoms with Crippen LogP contribution in [-0.4, -0.2) is 61.0 Å². The second-order valence-corrected chi connectivity index (χ2v) is 6.52. The Hall–Kier alpha value is -0.430. The Morgan fingerprint density at radius 1 is 1.39 bits per heavy atom. The van der Waals surface area contributed by atoms with Gasteiger partial charge in [0.05, 0.1) is 0 Å². The Balaban J connectivity index is 1.55. The van der Waals surface area contributed by atoms with Crippen LogP contribution >= 0.6 is 27.3 Å². The lowest BCUT2D eigenvalue weighted by Gasteiger charge is -2.46. The fraction of sp³-hybridized carbons (Fsp3) is 0.583. The van der Waals surface area contributed by atoms with Crippen LogP contribution in [-0.2, 0) is 0 Å². The number of piperazine rings is 1. The molecule has 1 aromatic rings. The van der Waals surface area contributed by atoms with E-state index in [0.717, 1.165) is 48.6 Å². The second-order valence-electron chi connectivity index (χ2n) is 4.75. The highest BCUT2D eigenvalue weighted by Crippen LogP contribution is 2.27. The number of likely N-dealkylation sites (tertiary alicyclic amines) is 1. The molecule has 0 bridgehead atoms. The predicted octanol–water partition coefficient (Wildman–Crippen LogP) is 1.24. The molecule has 3 rings (SSSR count). The number of nitrogens with one attached hydrogen (secondary N) is 1. The summed E-state index contributed by atoms with van der Waals surface area (Å²) in [5.74, 6) is 0.170. The van der Waals surface area contributed by atoms with Crippen molar-refractivity contribution in [2.24, 2.45) is 0 Å². The lowest BCUT2D eigenvalue weighted by atomic mass is 10.1. The molecule has 98 valence electrons. The molecule has 0 spiro atoms. The molecule has 18 heavy (non-hydrogen) atoms. The molecule has 1 N–H and O–H groups in total. The molecule has 2 fully saturated rings. The van der Waals surface area contributed by atoms with Crippen molar-refractivity contribution in [1.29, 1.82) is 0 Å². The van der Waals surface area contributed by atoms with Crippen molar-refractivity contribution in [2.45, 2.75) is 6.04 Å². The summed E-state index contributed by atoms with van der Waals surface area (Å²) in [5.41, 5.74) is 0. The third-order valence-electron chi connectivity index (χ3n) is 3.63. The predicted molar refractivity (Wildman–Crippen MR) is 76.2 cm³/mol. The number of rotatable bonds is 2. The number of thiophene rings is 1. The van der Waals surface area contributed by atoms with Crippen LogP contribution in [0.25, 0.3) is 0 Å². The molecule has 1 amide bonds. The normalized spacial score (nSPS) is 21.9. The van der Waals surface area contributed by atoms with Crippen molar-refractivity contribution in [1.82, 2.24) is 15.1 Å². The zero-order valence-corrected chi connectivity index (χ0v) is 12.5. The van der Waals surface area contributed by atoms with Gasteiger partial charge in [-0.3, -0.25) is 9.69 Å². The van der Waals surface area contributed by atoms with Crippen LogP contribution in [0.2, 0.25) is 0 Å². The fourth-order valence-corrected chi connectivity index (χ4v) is 4.00. The Morgan fingerprint density at radius 2 is 2.11 bits per heavy atom. The van der Waals surface area contributed by atoms with Gasteiger partial charge in [0.15, 0.2) is 0 Å². The van der Waals surface area contributed by atoms with Gasteiger partial charge >= 0.3 is 0 Å². The first kappa shape index (κ1) is 12.6. The highest BCUT2D eigenvalue weighted by molar-refractivity contribution is 9.10. The Labute approximate surface area is 119 Å². The summed E-state index contributed by atoms with van der Waals surface area (Å²) >= 11 is 4.93. The molecule has 0 aromatic carbocycles. The van der Waals surface area contributed by atoms with Crippen LogP contribution in [0, 0.1) is 0 Å². The van der Waals surface area contributed by atoms with E-state index < -0.39 is 0 Å². The number of halogens is 1. The van der Waals surface area contributed by atoms with Gasteiger partial charge in [0.1, 0.15) is 4.88 Å². The van der Waals surface area contributed by atoms with E-state index in [1.807, 2.05) is 16.3 Å². The van der Waals surface area contributed by atoms with Crippen LogP contribution in [0.5, 0.6) is 0 Å². The molecule has 2 aliphatic rings. The van der Waals surface area contributed by atoms with Crippen molar-refractivity contribution in [3.8, 4) is 0 Å². The van der Waals surface area contributed by atoms with Gasteiger partial charge in [-0.15, -0.1) is 11.3 Å². The molecule has 1 aromatic heterocycles. The number of nitrogens with zero attached hydrogens (tertiary/aromatic N) is 2. The molecule has 0 radical (unpaired) electrons. The number of carbonyl (C=O) groups excluding carboxylic acids is 1. The van der Waals surface area contributed by atoms with Gasteiger partial charge in [-0.2, -0.15) is 0 Å². The van der Waals surface area contributed by atoms with Crippen molar-refractivity contribution in [3.63, 3.8) is 0 Å². The average Bonchev–Trinajstić information content (AvgIpc) is 2.75. The highest BCUT2D eigenvalue weighted by Gasteiger charge is 2.36. The summed E-state index contributed by atoms with van der Waals surface area (Å²) in [7, 11) is 0. The van der Waals surface area contributed by atoms with E-state index in [1.54, 1.807) is 0 Å². The maximum absolute atomic E-state index is 12.2. The molecule has 0 aliphatic carbocycles. The number of hydrogen-bond donors (Lipinski definition) is 1. The molecular formula is C12H16BrN3OS. The van der Waals surface area contributed by atoms with Crippen molar-refractivity contribution < 1.29 is 4.79 Å². The largest absolute Gasteiger partial charge is 0.335 e. The Bertz CT molecular complexity index is 438. The first-order chi connectivity index (χ1) is 8.75. The van der Waals surface area contributed by atoms with E-state index in [2.05, 4.69) is 26.1 Å². The van der Waals surface area contributed by atoms with E-state index in [-0.39, 0.29) is 5.91 Å². The van der Waals surface area contributed by atoms with E-state index >= 15 is 0 Å². The topological polar surface area (TPSA) is 35.6 Å². The van der Waals surface area contributed by atoms with E-state index in [0.29, 0.717) is 6.04 Å². The van der Waals surface area contributed by atoms with Crippen LogP contribution < -0.4 is 5.32 Å². The molecule has 0 atom stereocenters. The molecule has 2 aliphatic heterocycles. The van der Waals surface area contributed by atoms with Crippen molar-refractivity contribution in [2.75, 3.05) is 39.3 Å². The Kier molecular flexibility index (Phi) is 3.70. The van der Waals surface area contributed by atoms with E-state index in [1.165, 1.54) is 11.3 Å². The molecule has 0 unspecified atom stereocenters. The van der Waals surface area contributed by atoms with Crippen molar-refractivity contribution in [3.05, 3.63) is 20.8 Å². The third-order valence-corrected chi connectivity index (χ3v) is 5.45. The van der Waals surface area contributed by atoms with Gasteiger partial charge in [0.25, 0.3) is 5.91 Å². The molecule has 2 saturated heterocycles. The lowest BCUT2D eigenvalue weighted by molar-refractivity contribution is 0.0230. The molecule has 4 nitrogen and oxygen atoms in total. The number of carbonyl (C=O) groups is 1. The molecular weight excluding hydrogens is 314 g/mol. The average molecular weight is 330 g/mol. The van der Waals surface area contributed by atoms with Crippen LogP contribution in [0.4, 0.5) is 0 Å². The fourth-order valence-electron chi connectivity index (χ4n) is 2.49. The first-order valence-electron chi connectivity index (χ1n) is 6.23. The minimum absolute atomic E-state index is 0.170. The van der Waals surface area contributed by atoms with Gasteiger partial charge in [0.2, 0.25) is 0 Å². The monoisotopic (exact) mass is 329 g/mol. The zero-order chi connectivity index (χ0) is 12.5. The maximum atomic E-state index is 12.2. The quantitative estimate of drug-likeness (QED) is 0.886. The standard InChI is InChI=1S/C12H16BrN3OS/c13-10-1-6-18-11(10)12(17)16-7-9(8-16)15-4-2-14-3-5-15/h1,6,9,14H,2-5,7-8H2. The molecule has 6 heteroatoms. The molecule has 3 heterocycles. The third kappa shape index (κ3) is 2.34. The van der Waals surface area contributed by atoms with Crippen LogP contribution in [0.15, 0.2) is 15.9 Å². The highest BCUT2D eigenvalue weighted by atomic mass is 79.9. The first-order valence-corrected chi connectivity index (χ1v) is 7.90. The maximum Gasteiger partial charge on any atom is 0.265 e. The van der Waals surface area contributed by atoms with Gasteiger partial charge < -0.3 is 10.2 Å². The SMILES string of the molecule is O=C(c1sccc1Br)N1CC(N2CCNCC2)C1. The van der Waals surface area contributed by atoms with Crippen molar-refractivity contribution >= 4 is 33.2 Å². The van der Waals surface area contributed by atoms with Gasteiger partial charge in [-0.1, -0.05) is 0 Å². The smallest absolute Gasteiger partial charge is 0.265 e. The van der Waals surface area contributed by atoms with Gasteiger partial charge in [-0.05, 0) is 27.4 Å². The zero-order valence-electron chi connectivity index (χ0n) is 10.1. The lowest BCUT2D eigenvalue weighted by Crippen LogP contribution is -2.63. The summed E-state index contributed by atoms with van der Waals surface area (Å²) in [4.78, 5) is 17.5. The summed E-state index contributed by atoms with van der Waals surface area (Å²) in [6.45, 7) is 6.11.